The summed E-state index contributed by atoms with van der Waals surface area (Å²) in [6, 6.07) is -0.669. The summed E-state index contributed by atoms with van der Waals surface area (Å²) in [5, 5.41) is 13.0. The van der Waals surface area contributed by atoms with Gasteiger partial charge in [-0.2, -0.15) is 0 Å². The molecule has 2 aliphatic rings. The van der Waals surface area contributed by atoms with Crippen molar-refractivity contribution in [2.24, 2.45) is 0 Å². The SMILES string of the molecule is CO[C@H]1O[C@@H]2COC(C)(C)O[C@@H]2[C@H](O)[C@H]1NC(C)=O. The standard InChI is InChI=1S/C12H21NO6/c1-6(14)13-8-9(15)10-7(18-11(8)16-4)5-17-12(2,3)19-10/h7-11,15H,5H2,1-4H3,(H,13,14)/t7-,8-,9-,10+,11+/m1/s1. The molecule has 2 fully saturated rings. The van der Waals surface area contributed by atoms with E-state index in [9.17, 15) is 9.90 Å². The Kier molecular flexibility index (Phi) is 4.12. The van der Waals surface area contributed by atoms with Gasteiger partial charge in [0.15, 0.2) is 12.1 Å². The van der Waals surface area contributed by atoms with Crippen LogP contribution >= 0.6 is 0 Å². The van der Waals surface area contributed by atoms with Crippen LogP contribution in [0.15, 0.2) is 0 Å². The predicted octanol–water partition coefficient (Wildman–Crippen LogP) is -0.625. The molecule has 5 atom stereocenters. The van der Waals surface area contributed by atoms with E-state index in [1.807, 2.05) is 0 Å². The zero-order valence-corrected chi connectivity index (χ0v) is 11.6. The maximum Gasteiger partial charge on any atom is 0.217 e. The average Bonchev–Trinajstić information content (AvgIpc) is 2.32. The molecule has 0 aromatic heterocycles. The molecule has 0 bridgehead atoms. The highest BCUT2D eigenvalue weighted by Crippen LogP contribution is 2.32. The highest BCUT2D eigenvalue weighted by Gasteiger charge is 2.51. The van der Waals surface area contributed by atoms with E-state index in [2.05, 4.69) is 5.32 Å². The summed E-state index contributed by atoms with van der Waals surface area (Å²) < 4.78 is 22.0. The van der Waals surface area contributed by atoms with E-state index in [-0.39, 0.29) is 5.91 Å². The number of methoxy groups -OCH3 is 1. The molecule has 2 N–H and O–H groups in total. The van der Waals surface area contributed by atoms with Gasteiger partial charge >= 0.3 is 0 Å². The van der Waals surface area contributed by atoms with Crippen molar-refractivity contribution in [1.29, 1.82) is 0 Å². The monoisotopic (exact) mass is 275 g/mol. The molecule has 2 saturated heterocycles. The lowest BCUT2D eigenvalue weighted by Gasteiger charge is -2.49. The Hall–Kier alpha value is -0.730. The number of carbonyl (C=O) groups excluding carboxylic acids is 1. The fourth-order valence-corrected chi connectivity index (χ4v) is 2.43. The molecule has 0 saturated carbocycles. The normalized spacial score (nSPS) is 41.4. The molecule has 2 heterocycles. The lowest BCUT2D eigenvalue weighted by molar-refractivity contribution is -0.366. The van der Waals surface area contributed by atoms with Gasteiger partial charge in [0, 0.05) is 14.0 Å². The van der Waals surface area contributed by atoms with Gasteiger partial charge in [0.1, 0.15) is 24.4 Å². The van der Waals surface area contributed by atoms with Gasteiger partial charge in [-0.3, -0.25) is 4.79 Å². The average molecular weight is 275 g/mol. The van der Waals surface area contributed by atoms with Crippen LogP contribution in [-0.4, -0.2) is 61.2 Å². The summed E-state index contributed by atoms with van der Waals surface area (Å²) in [5.74, 6) is -1.05. The maximum atomic E-state index is 11.2. The smallest absolute Gasteiger partial charge is 0.217 e. The molecular formula is C12H21NO6. The Morgan fingerprint density at radius 2 is 2.16 bits per heavy atom. The van der Waals surface area contributed by atoms with Crippen molar-refractivity contribution < 1.29 is 28.8 Å². The van der Waals surface area contributed by atoms with Crippen LogP contribution in [0, 0.1) is 0 Å². The number of aliphatic hydroxyl groups is 1. The fraction of sp³-hybridized carbons (Fsp3) is 0.917. The first kappa shape index (κ1) is 14.7. The number of nitrogens with one attached hydrogen (secondary N) is 1. The predicted molar refractivity (Wildman–Crippen MR) is 64.2 cm³/mol. The van der Waals surface area contributed by atoms with E-state index in [0.29, 0.717) is 6.61 Å². The summed E-state index contributed by atoms with van der Waals surface area (Å²) >= 11 is 0. The minimum absolute atomic E-state index is 0.264. The first-order chi connectivity index (χ1) is 8.84. The zero-order valence-electron chi connectivity index (χ0n) is 11.6. The third kappa shape index (κ3) is 3.06. The van der Waals surface area contributed by atoms with Crippen LogP contribution in [0.5, 0.6) is 0 Å². The molecule has 7 nitrogen and oxygen atoms in total. The van der Waals surface area contributed by atoms with E-state index in [1.54, 1.807) is 13.8 Å². The van der Waals surface area contributed by atoms with Crippen molar-refractivity contribution in [3.8, 4) is 0 Å². The molecule has 7 heteroatoms. The van der Waals surface area contributed by atoms with Gasteiger partial charge in [-0.25, -0.2) is 0 Å². The topological polar surface area (TPSA) is 86.2 Å². The van der Waals surface area contributed by atoms with Crippen molar-refractivity contribution in [1.82, 2.24) is 5.32 Å². The van der Waals surface area contributed by atoms with E-state index in [1.165, 1.54) is 14.0 Å². The number of fused-ring (bicyclic) bond motifs is 1. The lowest BCUT2D eigenvalue weighted by Crippen LogP contribution is -2.68. The Morgan fingerprint density at radius 3 is 2.74 bits per heavy atom. The summed E-state index contributed by atoms with van der Waals surface area (Å²) in [4.78, 5) is 11.2. The molecular weight excluding hydrogens is 254 g/mol. The quantitative estimate of drug-likeness (QED) is 0.698. The zero-order chi connectivity index (χ0) is 14.2. The Morgan fingerprint density at radius 1 is 1.47 bits per heavy atom. The van der Waals surface area contributed by atoms with Crippen molar-refractivity contribution in [3.63, 3.8) is 0 Å². The molecule has 2 rings (SSSR count). The molecule has 0 spiro atoms. The van der Waals surface area contributed by atoms with Crippen molar-refractivity contribution >= 4 is 5.91 Å². The van der Waals surface area contributed by atoms with Gasteiger partial charge in [0.2, 0.25) is 5.91 Å². The second-order valence-corrected chi connectivity index (χ2v) is 5.29. The van der Waals surface area contributed by atoms with Crippen LogP contribution in [0.4, 0.5) is 0 Å². The number of amides is 1. The Bertz CT molecular complexity index is 347. The highest BCUT2D eigenvalue weighted by atomic mass is 16.8. The van der Waals surface area contributed by atoms with Gasteiger partial charge in [0.05, 0.1) is 6.61 Å². The second-order valence-electron chi connectivity index (χ2n) is 5.29. The first-order valence-corrected chi connectivity index (χ1v) is 6.29. The van der Waals surface area contributed by atoms with Crippen molar-refractivity contribution in [2.75, 3.05) is 13.7 Å². The third-order valence-electron chi connectivity index (χ3n) is 3.29. The largest absolute Gasteiger partial charge is 0.388 e. The van der Waals surface area contributed by atoms with Crippen LogP contribution in [0.1, 0.15) is 20.8 Å². The molecule has 0 radical (unpaired) electrons. The second kappa shape index (κ2) is 5.34. The van der Waals surface area contributed by atoms with Crippen LogP contribution in [0.2, 0.25) is 0 Å². The van der Waals surface area contributed by atoms with E-state index < -0.39 is 36.4 Å². The first-order valence-electron chi connectivity index (χ1n) is 6.29. The van der Waals surface area contributed by atoms with Gasteiger partial charge in [-0.1, -0.05) is 0 Å². The molecule has 0 aromatic rings. The minimum atomic E-state index is -0.921. The number of hydrogen-bond donors (Lipinski definition) is 2. The Balaban J connectivity index is 2.15. The van der Waals surface area contributed by atoms with Crippen LogP contribution in [0.3, 0.4) is 0 Å². The summed E-state index contributed by atoms with van der Waals surface area (Å²) in [5.41, 5.74) is 0. The fourth-order valence-electron chi connectivity index (χ4n) is 2.43. The summed E-state index contributed by atoms with van der Waals surface area (Å²) in [7, 11) is 1.46. The highest BCUT2D eigenvalue weighted by molar-refractivity contribution is 5.73. The van der Waals surface area contributed by atoms with Gasteiger partial charge in [-0.05, 0) is 13.8 Å². The maximum absolute atomic E-state index is 11.2. The molecule has 0 aliphatic carbocycles. The summed E-state index contributed by atoms with van der Waals surface area (Å²) in [6.07, 6.45) is -2.63. The number of ether oxygens (including phenoxy) is 4. The van der Waals surface area contributed by atoms with E-state index >= 15 is 0 Å². The van der Waals surface area contributed by atoms with Gasteiger partial charge < -0.3 is 29.4 Å². The van der Waals surface area contributed by atoms with Crippen LogP contribution in [-0.2, 0) is 23.7 Å². The lowest BCUT2D eigenvalue weighted by atomic mass is 9.95. The van der Waals surface area contributed by atoms with E-state index in [4.69, 9.17) is 18.9 Å². The van der Waals surface area contributed by atoms with Crippen molar-refractivity contribution in [2.45, 2.75) is 57.2 Å². The molecule has 110 valence electrons. The van der Waals surface area contributed by atoms with Gasteiger partial charge in [0.25, 0.3) is 0 Å². The molecule has 19 heavy (non-hydrogen) atoms. The van der Waals surface area contributed by atoms with Crippen molar-refractivity contribution in [3.05, 3.63) is 0 Å². The number of aliphatic hydroxyl groups excluding tert-OH is 1. The molecule has 2 aliphatic heterocycles. The van der Waals surface area contributed by atoms with Crippen LogP contribution in [0.25, 0.3) is 0 Å². The number of hydrogen-bond acceptors (Lipinski definition) is 6. The molecule has 0 aromatic carbocycles. The minimum Gasteiger partial charge on any atom is -0.388 e. The van der Waals surface area contributed by atoms with Crippen LogP contribution < -0.4 is 5.32 Å². The summed E-state index contributed by atoms with van der Waals surface area (Å²) in [6.45, 7) is 5.22. The Labute approximate surface area is 112 Å². The molecule has 0 unspecified atom stereocenters. The number of carbonyl (C=O) groups is 1. The van der Waals surface area contributed by atoms with Gasteiger partial charge in [-0.15, -0.1) is 0 Å². The molecule has 1 amide bonds. The van der Waals surface area contributed by atoms with E-state index in [0.717, 1.165) is 0 Å². The third-order valence-corrected chi connectivity index (χ3v) is 3.29. The number of rotatable bonds is 2.